The lowest BCUT2D eigenvalue weighted by molar-refractivity contribution is -0.150. The van der Waals surface area contributed by atoms with E-state index in [1.165, 1.54) is 96.3 Å². The average Bonchev–Trinajstić information content (AvgIpc) is 2.72. The van der Waals surface area contributed by atoms with Gasteiger partial charge >= 0.3 is 5.97 Å². The molecule has 0 radical (unpaired) electrons. The monoisotopic (exact) mass is 411 g/mol. The van der Waals surface area contributed by atoms with Gasteiger partial charge in [0.15, 0.2) is 0 Å². The van der Waals surface area contributed by atoms with Crippen molar-refractivity contribution in [3.8, 4) is 0 Å². The van der Waals surface area contributed by atoms with Gasteiger partial charge < -0.3 is 10.5 Å². The van der Waals surface area contributed by atoms with E-state index < -0.39 is 0 Å². The van der Waals surface area contributed by atoms with Crippen molar-refractivity contribution in [2.24, 2.45) is 5.73 Å². The molecule has 2 N–H and O–H groups in total. The summed E-state index contributed by atoms with van der Waals surface area (Å²) in [6, 6.07) is 0. The van der Waals surface area contributed by atoms with E-state index in [4.69, 9.17) is 10.5 Å². The fourth-order valence-corrected chi connectivity index (χ4v) is 3.93. The topological polar surface area (TPSA) is 52.3 Å². The second kappa shape index (κ2) is 23.7. The van der Waals surface area contributed by atoms with Crippen LogP contribution in [0.2, 0.25) is 0 Å². The number of ether oxygens (including phenoxy) is 1. The van der Waals surface area contributed by atoms with Gasteiger partial charge in [0.25, 0.3) is 0 Å². The summed E-state index contributed by atoms with van der Waals surface area (Å²) in [6.45, 7) is 5.32. The van der Waals surface area contributed by atoms with Gasteiger partial charge in [0, 0.05) is 6.42 Å². The summed E-state index contributed by atoms with van der Waals surface area (Å²) >= 11 is 0. The molecule has 0 unspecified atom stereocenters. The third-order valence-electron chi connectivity index (χ3n) is 5.89. The molecular weight excluding hydrogens is 358 g/mol. The van der Waals surface area contributed by atoms with Gasteiger partial charge in [-0.05, 0) is 45.1 Å². The quantitative estimate of drug-likeness (QED) is 0.136. The summed E-state index contributed by atoms with van der Waals surface area (Å²) in [5.74, 6) is 0.0360. The Morgan fingerprint density at radius 2 is 1.03 bits per heavy atom. The Balaban J connectivity index is 3.98. The predicted molar refractivity (Wildman–Crippen MR) is 127 cm³/mol. The van der Waals surface area contributed by atoms with E-state index in [1.54, 1.807) is 0 Å². The summed E-state index contributed by atoms with van der Waals surface area (Å²) in [6.07, 6.45) is 25.4. The fourth-order valence-electron chi connectivity index (χ4n) is 3.93. The number of esters is 1. The van der Waals surface area contributed by atoms with Gasteiger partial charge in [0.05, 0.1) is 0 Å². The molecule has 0 saturated carbocycles. The summed E-state index contributed by atoms with van der Waals surface area (Å²) in [5.41, 5.74) is 5.52. The highest BCUT2D eigenvalue weighted by Gasteiger charge is 2.14. The highest BCUT2D eigenvalue weighted by molar-refractivity contribution is 5.69. The first-order valence-corrected chi connectivity index (χ1v) is 13.1. The van der Waals surface area contributed by atoms with Crippen molar-refractivity contribution >= 4 is 5.97 Å². The highest BCUT2D eigenvalue weighted by Crippen LogP contribution is 2.18. The van der Waals surface area contributed by atoms with Gasteiger partial charge in [0.2, 0.25) is 0 Å². The fraction of sp³-hybridized carbons (Fsp3) is 0.962. The Morgan fingerprint density at radius 3 is 1.52 bits per heavy atom. The van der Waals surface area contributed by atoms with Crippen LogP contribution in [-0.2, 0) is 9.53 Å². The summed E-state index contributed by atoms with van der Waals surface area (Å²) in [5, 5.41) is 0. The number of hydrogen-bond acceptors (Lipinski definition) is 3. The van der Waals surface area contributed by atoms with Crippen LogP contribution in [0, 0.1) is 0 Å². The molecule has 0 spiro atoms. The SMILES string of the molecule is CCCCCCCCC(CCCCCCCC)OC(=O)CCCCCCCCN. The first-order valence-electron chi connectivity index (χ1n) is 13.1. The lowest BCUT2D eigenvalue weighted by atomic mass is 10.0. The molecule has 0 rings (SSSR count). The maximum Gasteiger partial charge on any atom is 0.306 e. The maximum absolute atomic E-state index is 12.3. The van der Waals surface area contributed by atoms with E-state index in [2.05, 4.69) is 13.8 Å². The van der Waals surface area contributed by atoms with Crippen molar-refractivity contribution in [2.45, 2.75) is 155 Å². The smallest absolute Gasteiger partial charge is 0.306 e. The van der Waals surface area contributed by atoms with Gasteiger partial charge in [0.1, 0.15) is 6.10 Å². The van der Waals surface area contributed by atoms with Gasteiger partial charge in [-0.2, -0.15) is 0 Å². The molecule has 3 nitrogen and oxygen atoms in total. The zero-order valence-corrected chi connectivity index (χ0v) is 20.0. The normalized spacial score (nSPS) is 11.3. The molecule has 174 valence electrons. The minimum atomic E-state index is 0.0360. The van der Waals surface area contributed by atoms with Crippen LogP contribution in [0.5, 0.6) is 0 Å². The Bertz CT molecular complexity index is 317. The lowest BCUT2D eigenvalue weighted by Gasteiger charge is -2.18. The summed E-state index contributed by atoms with van der Waals surface area (Å²) in [4.78, 5) is 12.3. The standard InChI is InChI=1S/C26H53NO2/c1-3-5-7-9-13-17-21-25(22-18-14-10-8-6-4-2)29-26(28)23-19-15-11-12-16-20-24-27/h25H,3-24,27H2,1-2H3. The van der Waals surface area contributed by atoms with Gasteiger partial charge in [-0.3, -0.25) is 4.79 Å². The molecule has 0 aliphatic carbocycles. The number of unbranched alkanes of at least 4 members (excludes halogenated alkanes) is 15. The number of rotatable bonds is 23. The van der Waals surface area contributed by atoms with E-state index in [-0.39, 0.29) is 12.1 Å². The molecule has 0 saturated heterocycles. The molecule has 0 aromatic carbocycles. The van der Waals surface area contributed by atoms with Crippen molar-refractivity contribution in [1.29, 1.82) is 0 Å². The van der Waals surface area contributed by atoms with E-state index in [0.29, 0.717) is 6.42 Å². The molecule has 29 heavy (non-hydrogen) atoms. The van der Waals surface area contributed by atoms with Crippen LogP contribution >= 0.6 is 0 Å². The molecule has 3 heteroatoms. The third-order valence-corrected chi connectivity index (χ3v) is 5.89. The first-order chi connectivity index (χ1) is 14.2. The molecule has 0 aromatic heterocycles. The zero-order valence-electron chi connectivity index (χ0n) is 20.0. The van der Waals surface area contributed by atoms with Crippen molar-refractivity contribution in [3.63, 3.8) is 0 Å². The van der Waals surface area contributed by atoms with Crippen LogP contribution in [-0.4, -0.2) is 18.6 Å². The predicted octanol–water partition coefficient (Wildman–Crippen LogP) is 8.09. The van der Waals surface area contributed by atoms with Crippen molar-refractivity contribution < 1.29 is 9.53 Å². The van der Waals surface area contributed by atoms with Crippen LogP contribution in [0.1, 0.15) is 149 Å². The van der Waals surface area contributed by atoms with Gasteiger partial charge in [-0.1, -0.05) is 104 Å². The van der Waals surface area contributed by atoms with Crippen molar-refractivity contribution in [2.75, 3.05) is 6.54 Å². The summed E-state index contributed by atoms with van der Waals surface area (Å²) < 4.78 is 5.90. The maximum atomic E-state index is 12.3. The minimum Gasteiger partial charge on any atom is -0.462 e. The van der Waals surface area contributed by atoms with Crippen LogP contribution in [0.3, 0.4) is 0 Å². The van der Waals surface area contributed by atoms with E-state index in [9.17, 15) is 4.79 Å². The van der Waals surface area contributed by atoms with Gasteiger partial charge in [-0.25, -0.2) is 0 Å². The molecule has 0 aromatic rings. The third kappa shape index (κ3) is 21.9. The average molecular weight is 412 g/mol. The molecule has 0 heterocycles. The van der Waals surface area contributed by atoms with Crippen molar-refractivity contribution in [1.82, 2.24) is 0 Å². The lowest BCUT2D eigenvalue weighted by Crippen LogP contribution is -2.18. The second-order valence-electron chi connectivity index (χ2n) is 8.88. The molecule has 0 bridgehead atoms. The van der Waals surface area contributed by atoms with E-state index >= 15 is 0 Å². The van der Waals surface area contributed by atoms with Crippen molar-refractivity contribution in [3.05, 3.63) is 0 Å². The number of hydrogen-bond donors (Lipinski definition) is 1. The van der Waals surface area contributed by atoms with E-state index in [0.717, 1.165) is 38.6 Å². The van der Waals surface area contributed by atoms with Crippen LogP contribution in [0.25, 0.3) is 0 Å². The zero-order chi connectivity index (χ0) is 21.4. The first kappa shape index (κ1) is 28.4. The van der Waals surface area contributed by atoms with Crippen LogP contribution < -0.4 is 5.73 Å². The Labute approximate surface area is 182 Å². The molecule has 0 aliphatic heterocycles. The minimum absolute atomic E-state index is 0.0360. The number of carbonyl (C=O) groups is 1. The second-order valence-corrected chi connectivity index (χ2v) is 8.88. The largest absolute Gasteiger partial charge is 0.462 e. The Morgan fingerprint density at radius 1 is 0.621 bits per heavy atom. The van der Waals surface area contributed by atoms with Gasteiger partial charge in [-0.15, -0.1) is 0 Å². The molecular formula is C26H53NO2. The molecule has 0 aliphatic rings. The van der Waals surface area contributed by atoms with Crippen LogP contribution in [0.15, 0.2) is 0 Å². The highest BCUT2D eigenvalue weighted by atomic mass is 16.5. The number of carbonyl (C=O) groups excluding carboxylic acids is 1. The number of nitrogens with two attached hydrogens (primary N) is 1. The Hall–Kier alpha value is -0.570. The Kier molecular flexibility index (Phi) is 23.2. The molecule has 0 fully saturated rings. The van der Waals surface area contributed by atoms with Crippen LogP contribution in [0.4, 0.5) is 0 Å². The van der Waals surface area contributed by atoms with E-state index in [1.807, 2.05) is 0 Å². The summed E-state index contributed by atoms with van der Waals surface area (Å²) in [7, 11) is 0. The molecule has 0 atom stereocenters. The molecule has 0 amide bonds.